The normalized spacial score (nSPS) is 13.5. The second-order valence-electron chi connectivity index (χ2n) is 3.78. The number of nitro benzene ring substituents is 1. The molecule has 2 N–H and O–H groups in total. The van der Waals surface area contributed by atoms with Gasteiger partial charge in [0.2, 0.25) is 0 Å². The smallest absolute Gasteiger partial charge is 0.328 e. The van der Waals surface area contributed by atoms with E-state index in [1.807, 2.05) is 0 Å². The molecule has 0 spiro atoms. The average Bonchev–Trinajstić information content (AvgIpc) is 2.15. The number of benzene rings is 1. The molecule has 0 saturated carbocycles. The Morgan fingerprint density at radius 3 is 2.47 bits per heavy atom. The molecule has 0 bridgehead atoms. The number of nitrogens with zero attached hydrogens (tertiary/aromatic N) is 1. The Bertz CT molecular complexity index is 430. The third kappa shape index (κ3) is 3.42. The minimum Gasteiger partial charge on any atom is -0.328 e. The van der Waals surface area contributed by atoms with Crippen LogP contribution in [0.15, 0.2) is 18.2 Å². The summed E-state index contributed by atoms with van der Waals surface area (Å²) in [5.41, 5.74) is 4.10. The first-order valence-corrected chi connectivity index (χ1v) is 4.82. The SMILES string of the molecule is CC(N)Cc1ccc(C(F)(F)F)cc1[N+](=O)[O-]. The van der Waals surface area contributed by atoms with Crippen LogP contribution in [0.5, 0.6) is 0 Å². The van der Waals surface area contributed by atoms with Gasteiger partial charge in [0.15, 0.2) is 0 Å². The molecule has 0 fully saturated rings. The van der Waals surface area contributed by atoms with Gasteiger partial charge in [0.25, 0.3) is 5.69 Å². The fraction of sp³-hybridized carbons (Fsp3) is 0.400. The van der Waals surface area contributed by atoms with E-state index >= 15 is 0 Å². The summed E-state index contributed by atoms with van der Waals surface area (Å²) in [4.78, 5) is 9.85. The zero-order valence-electron chi connectivity index (χ0n) is 8.99. The van der Waals surface area contributed by atoms with E-state index in [1.165, 1.54) is 0 Å². The van der Waals surface area contributed by atoms with E-state index in [4.69, 9.17) is 5.73 Å². The summed E-state index contributed by atoms with van der Waals surface area (Å²) in [7, 11) is 0. The number of rotatable bonds is 3. The number of alkyl halides is 3. The van der Waals surface area contributed by atoms with E-state index in [9.17, 15) is 23.3 Å². The van der Waals surface area contributed by atoms with Gasteiger partial charge in [-0.3, -0.25) is 10.1 Å². The van der Waals surface area contributed by atoms with Crippen molar-refractivity contribution in [3.8, 4) is 0 Å². The van der Waals surface area contributed by atoms with Crippen LogP contribution in [0.1, 0.15) is 18.1 Å². The minimum atomic E-state index is -4.59. The quantitative estimate of drug-likeness (QED) is 0.660. The first-order chi connectivity index (χ1) is 7.71. The highest BCUT2D eigenvalue weighted by Gasteiger charge is 2.32. The molecule has 17 heavy (non-hydrogen) atoms. The zero-order chi connectivity index (χ0) is 13.2. The van der Waals surface area contributed by atoms with Crippen LogP contribution in [-0.4, -0.2) is 11.0 Å². The summed E-state index contributed by atoms with van der Waals surface area (Å²) >= 11 is 0. The predicted molar refractivity (Wildman–Crippen MR) is 55.5 cm³/mol. The number of nitro groups is 1. The molecule has 1 aromatic carbocycles. The van der Waals surface area contributed by atoms with Gasteiger partial charge in [0.1, 0.15) is 0 Å². The molecule has 0 aliphatic heterocycles. The Labute approximate surface area is 95.4 Å². The second kappa shape index (κ2) is 4.70. The average molecular weight is 248 g/mol. The van der Waals surface area contributed by atoms with Crippen molar-refractivity contribution in [3.05, 3.63) is 39.4 Å². The second-order valence-corrected chi connectivity index (χ2v) is 3.78. The minimum absolute atomic E-state index is 0.161. The summed E-state index contributed by atoms with van der Waals surface area (Å²) in [5.74, 6) is 0. The molecule has 0 aliphatic carbocycles. The number of halogens is 3. The third-order valence-electron chi connectivity index (χ3n) is 2.15. The van der Waals surface area contributed by atoms with Gasteiger partial charge in [-0.25, -0.2) is 0 Å². The van der Waals surface area contributed by atoms with Crippen molar-refractivity contribution in [1.29, 1.82) is 0 Å². The van der Waals surface area contributed by atoms with Crippen molar-refractivity contribution in [2.24, 2.45) is 5.73 Å². The maximum Gasteiger partial charge on any atom is 0.416 e. The number of nitrogens with two attached hydrogens (primary N) is 1. The van der Waals surface area contributed by atoms with Gasteiger partial charge in [-0.2, -0.15) is 13.2 Å². The van der Waals surface area contributed by atoms with Crippen LogP contribution in [0.3, 0.4) is 0 Å². The van der Waals surface area contributed by atoms with Gasteiger partial charge in [0, 0.05) is 17.7 Å². The fourth-order valence-corrected chi connectivity index (χ4v) is 1.43. The van der Waals surface area contributed by atoms with Gasteiger partial charge in [-0.15, -0.1) is 0 Å². The van der Waals surface area contributed by atoms with Crippen molar-refractivity contribution < 1.29 is 18.1 Å². The molecule has 4 nitrogen and oxygen atoms in total. The van der Waals surface area contributed by atoms with Crippen LogP contribution in [0.4, 0.5) is 18.9 Å². The number of hydrogen-bond acceptors (Lipinski definition) is 3. The number of hydrogen-bond donors (Lipinski definition) is 1. The van der Waals surface area contributed by atoms with Gasteiger partial charge < -0.3 is 5.73 Å². The van der Waals surface area contributed by atoms with Gasteiger partial charge >= 0.3 is 6.18 Å². The summed E-state index contributed by atoms with van der Waals surface area (Å²) < 4.78 is 37.1. The van der Waals surface area contributed by atoms with Crippen LogP contribution >= 0.6 is 0 Å². The molecule has 0 radical (unpaired) electrons. The lowest BCUT2D eigenvalue weighted by molar-refractivity contribution is -0.385. The maximum absolute atomic E-state index is 12.4. The van der Waals surface area contributed by atoms with E-state index in [0.29, 0.717) is 6.07 Å². The van der Waals surface area contributed by atoms with Gasteiger partial charge in [0.05, 0.1) is 10.5 Å². The molecule has 1 rings (SSSR count). The van der Waals surface area contributed by atoms with E-state index in [1.54, 1.807) is 6.92 Å². The molecule has 0 aromatic heterocycles. The summed E-state index contributed by atoms with van der Waals surface area (Å²) in [6.45, 7) is 1.63. The molecule has 0 aliphatic rings. The van der Waals surface area contributed by atoms with Gasteiger partial charge in [-0.1, -0.05) is 6.07 Å². The summed E-state index contributed by atoms with van der Waals surface area (Å²) in [6, 6.07) is 2.11. The van der Waals surface area contributed by atoms with Crippen LogP contribution in [0, 0.1) is 10.1 Å². The lowest BCUT2D eigenvalue weighted by atomic mass is 10.0. The highest BCUT2D eigenvalue weighted by atomic mass is 19.4. The topological polar surface area (TPSA) is 69.2 Å². The van der Waals surface area contributed by atoms with E-state index < -0.39 is 22.4 Å². The summed E-state index contributed by atoms with van der Waals surface area (Å²) in [5, 5.41) is 10.7. The lowest BCUT2D eigenvalue weighted by Crippen LogP contribution is -2.18. The van der Waals surface area contributed by atoms with Gasteiger partial charge in [-0.05, 0) is 19.4 Å². The molecule has 94 valence electrons. The molecule has 1 unspecified atom stereocenters. The first kappa shape index (κ1) is 13.4. The van der Waals surface area contributed by atoms with E-state index in [0.717, 1.165) is 12.1 Å². The highest BCUT2D eigenvalue weighted by molar-refractivity contribution is 5.44. The molecule has 0 heterocycles. The highest BCUT2D eigenvalue weighted by Crippen LogP contribution is 2.33. The van der Waals surface area contributed by atoms with Crippen molar-refractivity contribution in [3.63, 3.8) is 0 Å². The predicted octanol–water partition coefficient (Wildman–Crippen LogP) is 2.50. The Morgan fingerprint density at radius 2 is 2.06 bits per heavy atom. The summed E-state index contributed by atoms with van der Waals surface area (Å²) in [6.07, 6.45) is -4.42. The first-order valence-electron chi connectivity index (χ1n) is 4.82. The van der Waals surface area contributed by atoms with Crippen molar-refractivity contribution >= 4 is 5.69 Å². The van der Waals surface area contributed by atoms with E-state index in [2.05, 4.69) is 0 Å². The van der Waals surface area contributed by atoms with Crippen LogP contribution in [0.2, 0.25) is 0 Å². The monoisotopic (exact) mass is 248 g/mol. The van der Waals surface area contributed by atoms with Crippen molar-refractivity contribution in [2.75, 3.05) is 0 Å². The van der Waals surface area contributed by atoms with E-state index in [-0.39, 0.29) is 18.0 Å². The standard InChI is InChI=1S/C10H11F3N2O2/c1-6(14)4-7-2-3-8(10(11,12)13)5-9(7)15(16)17/h2-3,5-6H,4,14H2,1H3. The fourth-order valence-electron chi connectivity index (χ4n) is 1.43. The third-order valence-corrected chi connectivity index (χ3v) is 2.15. The molecule has 1 atom stereocenters. The molecule has 0 saturated heterocycles. The Kier molecular flexibility index (Phi) is 3.72. The maximum atomic E-state index is 12.4. The van der Waals surface area contributed by atoms with Crippen LogP contribution in [0.25, 0.3) is 0 Å². The van der Waals surface area contributed by atoms with Crippen molar-refractivity contribution in [1.82, 2.24) is 0 Å². The van der Waals surface area contributed by atoms with Crippen LogP contribution < -0.4 is 5.73 Å². The molecular weight excluding hydrogens is 237 g/mol. The lowest BCUT2D eigenvalue weighted by Gasteiger charge is -2.10. The Hall–Kier alpha value is -1.63. The molecule has 1 aromatic rings. The van der Waals surface area contributed by atoms with Crippen molar-refractivity contribution in [2.45, 2.75) is 25.6 Å². The zero-order valence-corrected chi connectivity index (χ0v) is 8.99. The molecule has 0 amide bonds. The molecule has 7 heteroatoms. The molecular formula is C10H11F3N2O2. The Balaban J connectivity index is 3.22. The largest absolute Gasteiger partial charge is 0.416 e. The Morgan fingerprint density at radius 1 is 1.47 bits per heavy atom. The van der Waals surface area contributed by atoms with Crippen LogP contribution in [-0.2, 0) is 12.6 Å².